The molecular formula is C48H73FN2O11. The normalized spacial score (nSPS) is 42.9. The van der Waals surface area contributed by atoms with Gasteiger partial charge in [0.25, 0.3) is 0 Å². The lowest BCUT2D eigenvalue weighted by atomic mass is 9.62. The summed E-state index contributed by atoms with van der Waals surface area (Å²) in [6, 6.07) is 4.53. The first kappa shape index (κ1) is 47.4. The summed E-state index contributed by atoms with van der Waals surface area (Å²) in [6.45, 7) is 9.69. The number of allylic oxidation sites excluding steroid dienone is 2. The lowest BCUT2D eigenvalue weighted by Gasteiger charge is -2.48. The van der Waals surface area contributed by atoms with Crippen molar-refractivity contribution in [1.29, 1.82) is 0 Å². The summed E-state index contributed by atoms with van der Waals surface area (Å²) in [5.41, 5.74) is 1.57. The van der Waals surface area contributed by atoms with Crippen LogP contribution in [-0.4, -0.2) is 137 Å². The van der Waals surface area contributed by atoms with Crippen LogP contribution < -0.4 is 5.32 Å². The van der Waals surface area contributed by atoms with Gasteiger partial charge in [-0.05, 0) is 128 Å². The molecule has 0 spiro atoms. The van der Waals surface area contributed by atoms with E-state index in [1.807, 2.05) is 26.8 Å². The number of nitrogens with one attached hydrogen (secondary N) is 1. The van der Waals surface area contributed by atoms with Crippen molar-refractivity contribution in [1.82, 2.24) is 4.90 Å². The molecule has 7 rings (SSSR count). The number of carbonyl (C=O) groups excluding carboxylic acids is 2. The predicted molar refractivity (Wildman–Crippen MR) is 230 cm³/mol. The first-order chi connectivity index (χ1) is 29.7. The van der Waals surface area contributed by atoms with Crippen molar-refractivity contribution in [3.63, 3.8) is 0 Å². The number of anilines is 1. The maximum Gasteiger partial charge on any atom is 0.306 e. The molecule has 2 N–H and O–H groups in total. The topological polar surface area (TPSA) is 143 Å². The minimum Gasteiger partial charge on any atom is -0.462 e. The van der Waals surface area contributed by atoms with Crippen LogP contribution in [0.15, 0.2) is 29.8 Å². The first-order valence-electron chi connectivity index (χ1n) is 23.2. The molecule has 14 heteroatoms. The average molecular weight is 873 g/mol. The Morgan fingerprint density at radius 2 is 1.63 bits per heavy atom. The van der Waals surface area contributed by atoms with Crippen molar-refractivity contribution in [2.45, 2.75) is 172 Å². The van der Waals surface area contributed by atoms with Gasteiger partial charge in [0.05, 0.1) is 43.0 Å². The molecule has 348 valence electrons. The summed E-state index contributed by atoms with van der Waals surface area (Å²) < 4.78 is 65.1. The van der Waals surface area contributed by atoms with Gasteiger partial charge in [-0.25, -0.2) is 4.39 Å². The molecule has 2 saturated carbocycles. The van der Waals surface area contributed by atoms with Gasteiger partial charge in [0, 0.05) is 50.5 Å². The fraction of sp³-hybridized carbons (Fsp3) is 0.792. The summed E-state index contributed by atoms with van der Waals surface area (Å²) >= 11 is 0. The van der Waals surface area contributed by atoms with Crippen LogP contribution in [0.5, 0.6) is 0 Å². The Kier molecular flexibility index (Phi) is 15.6. The fourth-order valence-electron chi connectivity index (χ4n) is 12.1. The van der Waals surface area contributed by atoms with E-state index in [1.165, 1.54) is 6.07 Å². The number of benzene rings is 1. The summed E-state index contributed by atoms with van der Waals surface area (Å²) in [5, 5.41) is 16.2. The highest BCUT2D eigenvalue weighted by Gasteiger charge is 2.60. The summed E-state index contributed by atoms with van der Waals surface area (Å²) in [5.74, 6) is -2.81. The van der Waals surface area contributed by atoms with Gasteiger partial charge in [-0.3, -0.25) is 9.59 Å². The van der Waals surface area contributed by atoms with Gasteiger partial charge in [0.15, 0.2) is 18.4 Å². The van der Waals surface area contributed by atoms with Crippen molar-refractivity contribution in [2.24, 2.45) is 35.5 Å². The zero-order valence-electron chi connectivity index (χ0n) is 38.5. The quantitative estimate of drug-likeness (QED) is 0.243. The molecule has 6 aliphatic rings. The van der Waals surface area contributed by atoms with Gasteiger partial charge in [0.2, 0.25) is 0 Å². The number of carbonyl (C=O) groups is 2. The van der Waals surface area contributed by atoms with Gasteiger partial charge in [-0.15, -0.1) is 0 Å². The predicted octanol–water partition coefficient (Wildman–Crippen LogP) is 6.22. The smallest absolute Gasteiger partial charge is 0.306 e. The van der Waals surface area contributed by atoms with E-state index in [-0.39, 0.29) is 78.3 Å². The molecule has 3 saturated heterocycles. The van der Waals surface area contributed by atoms with Crippen LogP contribution in [0.2, 0.25) is 0 Å². The van der Waals surface area contributed by atoms with Crippen molar-refractivity contribution < 1.29 is 57.0 Å². The zero-order chi connectivity index (χ0) is 44.6. The van der Waals surface area contributed by atoms with Gasteiger partial charge in [-0.1, -0.05) is 26.0 Å². The number of halogens is 1. The minimum atomic E-state index is -0.917. The molecule has 13 nitrogen and oxygen atoms in total. The summed E-state index contributed by atoms with van der Waals surface area (Å²) in [7, 11) is 8.97. The number of hydrogen-bond donors (Lipinski definition) is 2. The Labute approximate surface area is 368 Å². The third-order valence-corrected chi connectivity index (χ3v) is 15.5. The molecule has 62 heavy (non-hydrogen) atoms. The van der Waals surface area contributed by atoms with E-state index < -0.39 is 60.8 Å². The number of Topliss-reactive ketones (excluding diaryl/α,β-unsaturated/α-hetero) is 1. The van der Waals surface area contributed by atoms with E-state index in [2.05, 4.69) is 37.3 Å². The maximum absolute atomic E-state index is 15.2. The van der Waals surface area contributed by atoms with Gasteiger partial charge in [-0.2, -0.15) is 0 Å². The largest absolute Gasteiger partial charge is 0.462 e. The molecule has 1 aromatic rings. The maximum atomic E-state index is 15.2. The highest BCUT2D eigenvalue weighted by molar-refractivity contribution is 5.99. The van der Waals surface area contributed by atoms with E-state index >= 15 is 9.18 Å². The molecule has 0 bridgehead atoms. The lowest BCUT2D eigenvalue weighted by molar-refractivity contribution is -0.314. The number of ether oxygens (including phenoxy) is 8. The molecule has 1 aromatic carbocycles. The zero-order valence-corrected chi connectivity index (χ0v) is 38.5. The minimum absolute atomic E-state index is 0.0185. The van der Waals surface area contributed by atoms with Crippen LogP contribution in [0.1, 0.15) is 91.0 Å². The third kappa shape index (κ3) is 9.56. The monoisotopic (exact) mass is 873 g/mol. The molecule has 5 fully saturated rings. The number of nitrogens with zero attached hydrogens (tertiary/aromatic N) is 1. The first-order valence-corrected chi connectivity index (χ1v) is 23.2. The number of aliphatic hydroxyl groups excluding tert-OH is 1. The van der Waals surface area contributed by atoms with E-state index in [0.717, 1.165) is 19.3 Å². The van der Waals surface area contributed by atoms with Gasteiger partial charge < -0.3 is 53.2 Å². The molecule has 19 atom stereocenters. The highest BCUT2D eigenvalue weighted by atomic mass is 19.1. The number of ketones is 1. The number of aliphatic hydroxyl groups is 1. The molecule has 0 radical (unpaired) electrons. The third-order valence-electron chi connectivity index (χ3n) is 15.5. The number of esters is 1. The molecule has 3 heterocycles. The Hall–Kier alpha value is -2.53. The van der Waals surface area contributed by atoms with Gasteiger partial charge >= 0.3 is 5.97 Å². The van der Waals surface area contributed by atoms with E-state index in [0.29, 0.717) is 48.9 Å². The van der Waals surface area contributed by atoms with Crippen LogP contribution in [-0.2, 0) is 47.5 Å². The average Bonchev–Trinajstić information content (AvgIpc) is 3.83. The van der Waals surface area contributed by atoms with E-state index in [4.69, 9.17) is 37.9 Å². The van der Waals surface area contributed by atoms with Crippen molar-refractivity contribution >= 4 is 17.4 Å². The Morgan fingerprint density at radius 3 is 2.31 bits per heavy atom. The molecule has 4 unspecified atom stereocenters. The Balaban J connectivity index is 1.23. The number of rotatable bonds is 11. The fourth-order valence-corrected chi connectivity index (χ4v) is 12.1. The Morgan fingerprint density at radius 1 is 0.903 bits per heavy atom. The van der Waals surface area contributed by atoms with Crippen molar-refractivity contribution in [3.05, 3.63) is 41.2 Å². The van der Waals surface area contributed by atoms with Crippen LogP contribution in [0.25, 0.3) is 0 Å². The van der Waals surface area contributed by atoms with Crippen LogP contribution in [0.3, 0.4) is 0 Å². The number of likely N-dealkylation sites (N-methyl/N-ethyl adjacent to an activating group) is 1. The highest BCUT2D eigenvalue weighted by Crippen LogP contribution is 2.57. The molecule has 0 amide bonds. The van der Waals surface area contributed by atoms with Crippen LogP contribution in [0.4, 0.5) is 10.1 Å². The molecule has 0 aromatic heterocycles. The second-order valence-electron chi connectivity index (χ2n) is 19.2. The van der Waals surface area contributed by atoms with E-state index in [9.17, 15) is 9.90 Å². The SMILES string of the molecule is CC[C@H]1CCC[C@H](O[C@H]2CC[C@H](N(C)C)C(C)O2)[C@@H](C)C(=O)C2=C[C@H]3[C@@H]4C[C@H](O[C@@H]5OC(C)[C@H](OC)C(OC)C5OC)C[C@H]4[C@@H](O)[C@H](Nc4cccc(F)c4C)[C@H]3[C@@H]2CC(=O)O1. The van der Waals surface area contributed by atoms with Gasteiger partial charge in [0.1, 0.15) is 30.2 Å². The molecular weight excluding hydrogens is 800 g/mol. The number of cyclic esters (lactones) is 1. The number of hydrogen-bond acceptors (Lipinski definition) is 13. The van der Waals surface area contributed by atoms with Crippen molar-refractivity contribution in [2.75, 3.05) is 40.7 Å². The molecule has 3 aliphatic heterocycles. The second kappa shape index (κ2) is 20.3. The summed E-state index contributed by atoms with van der Waals surface area (Å²) in [6.07, 6.45) is 2.64. The van der Waals surface area contributed by atoms with Crippen LogP contribution in [0, 0.1) is 48.2 Å². The number of fused-ring (bicyclic) bond motifs is 5. The van der Waals surface area contributed by atoms with Crippen LogP contribution >= 0.6 is 0 Å². The summed E-state index contributed by atoms with van der Waals surface area (Å²) in [4.78, 5) is 31.4. The Bertz CT molecular complexity index is 1730. The second-order valence-corrected chi connectivity index (χ2v) is 19.2. The molecule has 3 aliphatic carbocycles. The standard InChI is InChI=1S/C48H73FN2O11/c1-11-28-14-12-17-38(62-40-19-18-37(51(6)7)26(4)58-40)25(3)43(53)34-22-31-30-20-29(61-48-47(57-10)46(56-9)45(55-8)27(5)59-48)21-33(30)44(54)42(41(31)32(34)23-39(52)60-28)50-36-16-13-15-35(49)24(36)2/h13,15-16,22,25-33,37-38,40-42,44-48,50,54H,11-12,14,17-21,23H2,1-10H3/t25-,26?,27?,28+,29+,30+,31+,32-,33-,37+,38+,40+,41-,42-,44-,45+,46?,47?,48+/m1/s1. The van der Waals surface area contributed by atoms with E-state index in [1.54, 1.807) is 34.3 Å². The van der Waals surface area contributed by atoms with Crippen molar-refractivity contribution in [3.8, 4) is 0 Å². The lowest BCUT2D eigenvalue weighted by Crippen LogP contribution is -2.59. The number of methoxy groups -OCH3 is 3.